The molecule has 4 rings (SSSR count). The van der Waals surface area contributed by atoms with E-state index in [2.05, 4.69) is 9.80 Å². The summed E-state index contributed by atoms with van der Waals surface area (Å²) in [6.45, 7) is 4.39. The number of piperazine rings is 1. The third kappa shape index (κ3) is 4.03. The summed E-state index contributed by atoms with van der Waals surface area (Å²) >= 11 is 5.96. The minimum absolute atomic E-state index is 0.0555. The first-order chi connectivity index (χ1) is 13.6. The fraction of sp³-hybridized carbons (Fsp3) is 0.238. The predicted octanol–water partition coefficient (Wildman–Crippen LogP) is 4.83. The first-order valence-electron chi connectivity index (χ1n) is 9.15. The molecule has 6 nitrogen and oxygen atoms in total. The fourth-order valence-corrected chi connectivity index (χ4v) is 3.61. The van der Waals surface area contributed by atoms with Gasteiger partial charge in [-0.2, -0.15) is 0 Å². The molecule has 28 heavy (non-hydrogen) atoms. The summed E-state index contributed by atoms with van der Waals surface area (Å²) in [6.07, 6.45) is 0. The fourth-order valence-electron chi connectivity index (χ4n) is 3.49. The van der Waals surface area contributed by atoms with Crippen molar-refractivity contribution in [2.24, 2.45) is 0 Å². The molecule has 0 atom stereocenters. The monoisotopic (exact) mass is 397 g/mol. The quantitative estimate of drug-likeness (QED) is 0.455. The van der Waals surface area contributed by atoms with Crippen molar-refractivity contribution in [1.29, 1.82) is 0 Å². The number of benzene rings is 2. The summed E-state index contributed by atoms with van der Waals surface area (Å²) in [5.74, 6) is 1.34. The van der Waals surface area contributed by atoms with E-state index in [-0.39, 0.29) is 10.6 Å². The summed E-state index contributed by atoms with van der Waals surface area (Å²) in [5, 5.41) is 12.0. The normalized spacial score (nSPS) is 15.0. The summed E-state index contributed by atoms with van der Waals surface area (Å²) < 4.78 is 5.91. The lowest BCUT2D eigenvalue weighted by Gasteiger charge is -2.35. The molecule has 2 aromatic carbocycles. The van der Waals surface area contributed by atoms with Gasteiger partial charge in [0.05, 0.1) is 17.0 Å². The van der Waals surface area contributed by atoms with Crippen LogP contribution in [-0.2, 0) is 6.54 Å². The molecule has 0 spiro atoms. The molecule has 0 N–H and O–H groups in total. The molecule has 144 valence electrons. The maximum Gasteiger partial charge on any atom is 0.280 e. The second-order valence-corrected chi connectivity index (χ2v) is 7.22. The third-order valence-corrected chi connectivity index (χ3v) is 5.22. The number of furan rings is 1. The number of hydrogen-bond donors (Lipinski definition) is 0. The van der Waals surface area contributed by atoms with E-state index in [9.17, 15) is 10.1 Å². The summed E-state index contributed by atoms with van der Waals surface area (Å²) in [4.78, 5) is 15.5. The number of hydrogen-bond acceptors (Lipinski definition) is 5. The molecular weight excluding hydrogens is 378 g/mol. The van der Waals surface area contributed by atoms with Crippen molar-refractivity contribution in [3.63, 3.8) is 0 Å². The molecule has 3 aromatic rings. The van der Waals surface area contributed by atoms with E-state index in [0.717, 1.165) is 37.0 Å². The Bertz CT molecular complexity index is 963. The Morgan fingerprint density at radius 3 is 2.39 bits per heavy atom. The molecule has 0 saturated carbocycles. The zero-order valence-corrected chi connectivity index (χ0v) is 16.0. The van der Waals surface area contributed by atoms with Crippen LogP contribution in [0.1, 0.15) is 5.76 Å². The molecule has 0 bridgehead atoms. The molecule has 0 radical (unpaired) electrons. The molecule has 1 aliphatic heterocycles. The van der Waals surface area contributed by atoms with E-state index < -0.39 is 0 Å². The van der Waals surface area contributed by atoms with Crippen LogP contribution >= 0.6 is 11.6 Å². The van der Waals surface area contributed by atoms with Gasteiger partial charge in [-0.05, 0) is 42.5 Å². The van der Waals surface area contributed by atoms with E-state index in [1.54, 1.807) is 18.2 Å². The number of nitro benzene ring substituents is 1. The van der Waals surface area contributed by atoms with Crippen molar-refractivity contribution in [3.05, 3.63) is 81.6 Å². The van der Waals surface area contributed by atoms with Gasteiger partial charge in [-0.1, -0.05) is 23.7 Å². The van der Waals surface area contributed by atoms with Crippen molar-refractivity contribution < 1.29 is 9.34 Å². The maximum atomic E-state index is 11.2. The van der Waals surface area contributed by atoms with Gasteiger partial charge in [0, 0.05) is 43.0 Å². The molecule has 1 aromatic heterocycles. The Labute approximate surface area is 168 Å². The highest BCUT2D eigenvalue weighted by Crippen LogP contribution is 2.31. The molecule has 0 aliphatic carbocycles. The van der Waals surface area contributed by atoms with Crippen molar-refractivity contribution in [2.45, 2.75) is 6.54 Å². The topological polar surface area (TPSA) is 62.8 Å². The van der Waals surface area contributed by atoms with E-state index in [0.29, 0.717) is 17.9 Å². The summed E-state index contributed by atoms with van der Waals surface area (Å²) in [6, 6.07) is 18.3. The number of rotatable bonds is 5. The number of para-hydroxylation sites is 1. The van der Waals surface area contributed by atoms with Gasteiger partial charge in [0.15, 0.2) is 0 Å². The van der Waals surface area contributed by atoms with E-state index in [4.69, 9.17) is 16.0 Å². The molecule has 2 heterocycles. The smallest absolute Gasteiger partial charge is 0.280 e. The highest BCUT2D eigenvalue weighted by atomic mass is 35.5. The second kappa shape index (κ2) is 8.04. The van der Waals surface area contributed by atoms with E-state index >= 15 is 0 Å². The second-order valence-electron chi connectivity index (χ2n) is 6.78. The van der Waals surface area contributed by atoms with Crippen LogP contribution in [-0.4, -0.2) is 36.0 Å². The lowest BCUT2D eigenvalue weighted by Crippen LogP contribution is -2.45. The van der Waals surface area contributed by atoms with E-state index in [1.807, 2.05) is 36.4 Å². The van der Waals surface area contributed by atoms with Crippen LogP contribution in [0.25, 0.3) is 11.3 Å². The number of halogens is 1. The first kappa shape index (κ1) is 18.5. The Morgan fingerprint density at radius 2 is 1.68 bits per heavy atom. The average Bonchev–Trinajstić information content (AvgIpc) is 3.17. The van der Waals surface area contributed by atoms with Crippen LogP contribution in [0.5, 0.6) is 0 Å². The molecule has 1 saturated heterocycles. The highest BCUT2D eigenvalue weighted by molar-refractivity contribution is 6.30. The Hall–Kier alpha value is -2.83. The van der Waals surface area contributed by atoms with Crippen LogP contribution in [0.4, 0.5) is 11.4 Å². The molecule has 1 aliphatic rings. The molecular formula is C21H20ClN3O3. The molecule has 1 fully saturated rings. The van der Waals surface area contributed by atoms with Gasteiger partial charge in [0.25, 0.3) is 5.69 Å². The molecule has 7 heteroatoms. The van der Waals surface area contributed by atoms with Crippen LogP contribution < -0.4 is 4.90 Å². The summed E-state index contributed by atoms with van der Waals surface area (Å²) in [7, 11) is 0. The maximum absolute atomic E-state index is 11.2. The molecule has 0 amide bonds. The van der Waals surface area contributed by atoms with Gasteiger partial charge in [0.1, 0.15) is 11.5 Å². The average molecular weight is 398 g/mol. The Morgan fingerprint density at radius 1 is 0.964 bits per heavy atom. The van der Waals surface area contributed by atoms with Crippen molar-refractivity contribution in [3.8, 4) is 11.3 Å². The van der Waals surface area contributed by atoms with Crippen LogP contribution in [0, 0.1) is 10.1 Å². The zero-order chi connectivity index (χ0) is 19.5. The predicted molar refractivity (Wildman–Crippen MR) is 110 cm³/mol. The van der Waals surface area contributed by atoms with Gasteiger partial charge in [-0.15, -0.1) is 0 Å². The van der Waals surface area contributed by atoms with Crippen molar-refractivity contribution in [2.75, 3.05) is 31.1 Å². The number of nitro groups is 1. The number of nitrogens with zero attached hydrogens (tertiary/aromatic N) is 3. The lowest BCUT2D eigenvalue weighted by atomic mass is 10.1. The van der Waals surface area contributed by atoms with Crippen molar-refractivity contribution in [1.82, 2.24) is 4.90 Å². The highest BCUT2D eigenvalue weighted by Gasteiger charge is 2.20. The van der Waals surface area contributed by atoms with Gasteiger partial charge in [-0.3, -0.25) is 15.0 Å². The SMILES string of the molecule is O=[N+]([O-])c1ccccc1-c1ccc(CN2CCN(c3ccc(Cl)cc3)CC2)o1. The van der Waals surface area contributed by atoms with Gasteiger partial charge >= 0.3 is 0 Å². The van der Waals surface area contributed by atoms with Crippen molar-refractivity contribution >= 4 is 23.0 Å². The summed E-state index contributed by atoms with van der Waals surface area (Å²) in [5.41, 5.74) is 1.74. The van der Waals surface area contributed by atoms with Gasteiger partial charge in [-0.25, -0.2) is 0 Å². The zero-order valence-electron chi connectivity index (χ0n) is 15.3. The van der Waals surface area contributed by atoms with Crippen LogP contribution in [0.2, 0.25) is 5.02 Å². The van der Waals surface area contributed by atoms with E-state index in [1.165, 1.54) is 11.8 Å². The largest absolute Gasteiger partial charge is 0.459 e. The third-order valence-electron chi connectivity index (χ3n) is 4.97. The standard InChI is InChI=1S/C21H20ClN3O3/c22-16-5-7-17(8-6-16)24-13-11-23(12-14-24)15-18-9-10-21(28-18)19-3-1-2-4-20(19)25(26)27/h1-10H,11-15H2. The minimum atomic E-state index is -0.381. The number of anilines is 1. The van der Waals surface area contributed by atoms with Gasteiger partial charge < -0.3 is 9.32 Å². The van der Waals surface area contributed by atoms with Crippen LogP contribution in [0.15, 0.2) is 65.1 Å². The lowest BCUT2D eigenvalue weighted by molar-refractivity contribution is -0.384. The van der Waals surface area contributed by atoms with Gasteiger partial charge in [0.2, 0.25) is 0 Å². The Kier molecular flexibility index (Phi) is 5.32. The first-order valence-corrected chi connectivity index (χ1v) is 9.53. The molecule has 0 unspecified atom stereocenters. The Balaban J connectivity index is 1.39. The minimum Gasteiger partial charge on any atom is -0.459 e. The van der Waals surface area contributed by atoms with Crippen LogP contribution in [0.3, 0.4) is 0 Å².